The van der Waals surface area contributed by atoms with E-state index in [1.54, 1.807) is 11.3 Å². The lowest BCUT2D eigenvalue weighted by molar-refractivity contribution is 0.640. The van der Waals surface area contributed by atoms with Crippen molar-refractivity contribution in [3.8, 4) is 0 Å². The van der Waals surface area contributed by atoms with E-state index >= 15 is 0 Å². The maximum Gasteiger partial charge on any atom is 0.0798 e. The van der Waals surface area contributed by atoms with Crippen LogP contribution in [-0.4, -0.2) is 11.5 Å². The summed E-state index contributed by atoms with van der Waals surface area (Å²) in [4.78, 5) is 5.72. The van der Waals surface area contributed by atoms with Crippen molar-refractivity contribution in [3.63, 3.8) is 0 Å². The molecule has 98 valence electrons. The highest BCUT2D eigenvalue weighted by molar-refractivity contribution is 7.17. The lowest BCUT2D eigenvalue weighted by atomic mass is 10.0. The first-order valence-corrected chi connectivity index (χ1v) is 8.16. The zero-order valence-electron chi connectivity index (χ0n) is 11.0. The smallest absolute Gasteiger partial charge is 0.0798 e. The molecule has 1 N–H and O–H groups in total. The molecule has 3 aromatic rings. The molecule has 1 unspecified atom stereocenters. The highest BCUT2D eigenvalue weighted by Gasteiger charge is 2.19. The fourth-order valence-corrected chi connectivity index (χ4v) is 4.22. The summed E-state index contributed by atoms with van der Waals surface area (Å²) in [7, 11) is 0. The Kier molecular flexibility index (Phi) is 3.64. The van der Waals surface area contributed by atoms with Crippen molar-refractivity contribution < 1.29 is 0 Å². The van der Waals surface area contributed by atoms with Gasteiger partial charge in [-0.05, 0) is 35.9 Å². The molecule has 2 nitrogen and oxygen atoms in total. The number of hydrogen-bond acceptors (Lipinski definition) is 4. The zero-order valence-corrected chi connectivity index (χ0v) is 12.6. The number of benzene rings is 1. The summed E-state index contributed by atoms with van der Waals surface area (Å²) in [5.74, 6) is 0. The van der Waals surface area contributed by atoms with E-state index in [0.29, 0.717) is 0 Å². The molecule has 0 fully saturated rings. The minimum absolute atomic E-state index is 0.250. The largest absolute Gasteiger partial charge is 0.306 e. The molecule has 0 saturated heterocycles. The average Bonchev–Trinajstić information content (AvgIpc) is 3.04. The number of thiophene rings is 1. The van der Waals surface area contributed by atoms with Crippen LogP contribution in [0.15, 0.2) is 35.2 Å². The molecule has 1 atom stereocenters. The second-order valence-electron chi connectivity index (χ2n) is 4.48. The normalized spacial score (nSPS) is 12.9. The molecule has 0 bridgehead atoms. The highest BCUT2D eigenvalue weighted by atomic mass is 32.1. The van der Waals surface area contributed by atoms with Gasteiger partial charge in [-0.1, -0.05) is 25.1 Å². The van der Waals surface area contributed by atoms with Gasteiger partial charge >= 0.3 is 0 Å². The summed E-state index contributed by atoms with van der Waals surface area (Å²) in [5, 5.41) is 7.09. The number of nitrogens with zero attached hydrogens (tertiary/aromatic N) is 1. The van der Waals surface area contributed by atoms with Crippen LogP contribution in [0.4, 0.5) is 0 Å². The number of rotatable bonds is 4. The van der Waals surface area contributed by atoms with Crippen LogP contribution in [0.5, 0.6) is 0 Å². The molecule has 0 radical (unpaired) electrons. The minimum Gasteiger partial charge on any atom is -0.306 e. The summed E-state index contributed by atoms with van der Waals surface area (Å²) in [6, 6.07) is 8.99. The molecule has 0 amide bonds. The Labute approximate surface area is 121 Å². The van der Waals surface area contributed by atoms with Crippen LogP contribution in [0, 0.1) is 6.92 Å². The molecule has 3 rings (SSSR count). The molecule has 0 aliphatic carbocycles. The molecule has 2 aromatic heterocycles. The summed E-state index contributed by atoms with van der Waals surface area (Å²) in [5.41, 5.74) is 4.43. The Morgan fingerprint density at radius 1 is 1.26 bits per heavy atom. The Bertz CT molecular complexity index is 684. The number of fused-ring (bicyclic) bond motifs is 1. The van der Waals surface area contributed by atoms with Crippen molar-refractivity contribution in [2.24, 2.45) is 0 Å². The van der Waals surface area contributed by atoms with Gasteiger partial charge in [0.25, 0.3) is 0 Å². The number of aryl methyl sites for hydroxylation is 1. The second kappa shape index (κ2) is 5.41. The third kappa shape index (κ3) is 2.31. The monoisotopic (exact) mass is 288 g/mol. The maximum atomic E-state index is 4.39. The van der Waals surface area contributed by atoms with Gasteiger partial charge in [0.15, 0.2) is 0 Å². The van der Waals surface area contributed by atoms with Crippen LogP contribution < -0.4 is 5.32 Å². The molecule has 19 heavy (non-hydrogen) atoms. The van der Waals surface area contributed by atoms with E-state index < -0.39 is 0 Å². The number of nitrogens with one attached hydrogen (secondary N) is 1. The second-order valence-corrected chi connectivity index (χ2v) is 6.28. The van der Waals surface area contributed by atoms with E-state index in [1.165, 1.54) is 20.5 Å². The predicted molar refractivity (Wildman–Crippen MR) is 84.2 cm³/mol. The highest BCUT2D eigenvalue weighted by Crippen LogP contribution is 2.34. The first kappa shape index (κ1) is 12.8. The molecular formula is C15H16N2S2. The Hall–Kier alpha value is -1.23. The van der Waals surface area contributed by atoms with Gasteiger partial charge in [0.2, 0.25) is 0 Å². The van der Waals surface area contributed by atoms with E-state index in [4.69, 9.17) is 0 Å². The van der Waals surface area contributed by atoms with Crippen LogP contribution in [0.1, 0.15) is 29.1 Å². The minimum atomic E-state index is 0.250. The lowest BCUT2D eigenvalue weighted by Crippen LogP contribution is -2.21. The molecule has 0 saturated carbocycles. The van der Waals surface area contributed by atoms with Crippen LogP contribution in [0.25, 0.3) is 10.1 Å². The molecule has 0 spiro atoms. The molecule has 4 heteroatoms. The quantitative estimate of drug-likeness (QED) is 0.771. The van der Waals surface area contributed by atoms with Crippen molar-refractivity contribution in [2.75, 3.05) is 6.54 Å². The average molecular weight is 288 g/mol. The van der Waals surface area contributed by atoms with Gasteiger partial charge in [-0.25, -0.2) is 4.98 Å². The van der Waals surface area contributed by atoms with Crippen LogP contribution >= 0.6 is 22.7 Å². The number of aromatic nitrogens is 1. The fraction of sp³-hybridized carbons (Fsp3) is 0.267. The van der Waals surface area contributed by atoms with E-state index in [0.717, 1.165) is 12.2 Å². The summed E-state index contributed by atoms with van der Waals surface area (Å²) >= 11 is 3.55. The molecule has 0 aliphatic rings. The maximum absolute atomic E-state index is 4.39. The third-order valence-electron chi connectivity index (χ3n) is 3.27. The lowest BCUT2D eigenvalue weighted by Gasteiger charge is -2.18. The van der Waals surface area contributed by atoms with E-state index in [2.05, 4.69) is 53.8 Å². The summed E-state index contributed by atoms with van der Waals surface area (Å²) in [6.07, 6.45) is 0. The van der Waals surface area contributed by atoms with Crippen LogP contribution in [0.3, 0.4) is 0 Å². The Morgan fingerprint density at radius 3 is 2.89 bits per heavy atom. The molecule has 1 aromatic carbocycles. The van der Waals surface area contributed by atoms with Gasteiger partial charge in [0, 0.05) is 9.58 Å². The number of hydrogen-bond donors (Lipinski definition) is 1. The first-order valence-electron chi connectivity index (χ1n) is 6.40. The third-order valence-corrected chi connectivity index (χ3v) is 5.25. The van der Waals surface area contributed by atoms with Gasteiger partial charge in [-0.3, -0.25) is 0 Å². The SMILES string of the molecule is CCNC(c1scnc1C)c1cccc2ccsc12. The fourth-order valence-electron chi connectivity index (χ4n) is 2.38. The van der Waals surface area contributed by atoms with Crippen molar-refractivity contribution >= 4 is 32.8 Å². The van der Waals surface area contributed by atoms with Crippen molar-refractivity contribution in [1.82, 2.24) is 10.3 Å². The molecule has 2 heterocycles. The Morgan fingerprint density at radius 2 is 2.16 bits per heavy atom. The van der Waals surface area contributed by atoms with Crippen LogP contribution in [-0.2, 0) is 0 Å². The molecular weight excluding hydrogens is 272 g/mol. The van der Waals surface area contributed by atoms with Crippen LogP contribution in [0.2, 0.25) is 0 Å². The topological polar surface area (TPSA) is 24.9 Å². The zero-order chi connectivity index (χ0) is 13.2. The van der Waals surface area contributed by atoms with E-state index in [9.17, 15) is 0 Å². The van der Waals surface area contributed by atoms with Gasteiger partial charge < -0.3 is 5.32 Å². The van der Waals surface area contributed by atoms with Gasteiger partial charge in [0.05, 0.1) is 17.2 Å². The van der Waals surface area contributed by atoms with Gasteiger partial charge in [0.1, 0.15) is 0 Å². The van der Waals surface area contributed by atoms with Gasteiger partial charge in [-0.15, -0.1) is 22.7 Å². The number of thiazole rings is 1. The summed E-state index contributed by atoms with van der Waals surface area (Å²) in [6.45, 7) is 5.19. The standard InChI is InChI=1S/C15H16N2S2/c1-3-16-13(14-10(2)17-9-19-14)12-6-4-5-11-7-8-18-15(11)12/h4-9,13,16H,3H2,1-2H3. The predicted octanol–water partition coefficient (Wildman–Crippen LogP) is 4.37. The van der Waals surface area contributed by atoms with E-state index in [-0.39, 0.29) is 6.04 Å². The first-order chi connectivity index (χ1) is 9.31. The van der Waals surface area contributed by atoms with Crippen molar-refractivity contribution in [2.45, 2.75) is 19.9 Å². The van der Waals surface area contributed by atoms with Crippen molar-refractivity contribution in [3.05, 3.63) is 51.3 Å². The van der Waals surface area contributed by atoms with Crippen molar-refractivity contribution in [1.29, 1.82) is 0 Å². The molecule has 0 aliphatic heterocycles. The van der Waals surface area contributed by atoms with Gasteiger partial charge in [-0.2, -0.15) is 0 Å². The Balaban J connectivity index is 2.15. The summed E-state index contributed by atoms with van der Waals surface area (Å²) < 4.78 is 1.38. The van der Waals surface area contributed by atoms with E-state index in [1.807, 2.05) is 16.8 Å².